The van der Waals surface area contributed by atoms with Gasteiger partial charge >= 0.3 is 0 Å². The average molecular weight is 1020 g/mol. The van der Waals surface area contributed by atoms with Gasteiger partial charge in [-0.2, -0.15) is 16.9 Å². The van der Waals surface area contributed by atoms with Gasteiger partial charge < -0.3 is 14.0 Å². The summed E-state index contributed by atoms with van der Waals surface area (Å²) in [6.45, 7) is 20.7. The van der Waals surface area contributed by atoms with Crippen molar-refractivity contribution in [2.24, 2.45) is 5.92 Å². The maximum atomic E-state index is 9.47. The summed E-state index contributed by atoms with van der Waals surface area (Å²) in [4.78, 5) is 13.9. The zero-order valence-electron chi connectivity index (χ0n) is 37.5. The summed E-state index contributed by atoms with van der Waals surface area (Å²) in [6.07, 6.45) is 6.70. The second-order valence-corrected chi connectivity index (χ2v) is 23.2. The van der Waals surface area contributed by atoms with E-state index in [1.165, 1.54) is 33.0 Å². The number of fused-ring (bicyclic) bond motifs is 4. The van der Waals surface area contributed by atoms with Crippen LogP contribution in [-0.2, 0) is 26.5 Å². The van der Waals surface area contributed by atoms with Crippen LogP contribution >= 0.6 is 0 Å². The van der Waals surface area contributed by atoms with Crippen LogP contribution in [0.15, 0.2) is 132 Å². The first-order chi connectivity index (χ1) is 29.8. The number of pyridine rings is 2. The Morgan fingerprint density at radius 1 is 0.778 bits per heavy atom. The van der Waals surface area contributed by atoms with Gasteiger partial charge in [-0.3, -0.25) is 9.97 Å². The largest absolute Gasteiger partial charge is 0.500 e. The molecule has 0 aliphatic rings. The predicted molar refractivity (Wildman–Crippen MR) is 259 cm³/mol. The predicted octanol–water partition coefficient (Wildman–Crippen LogP) is 13.9. The molecule has 0 saturated heterocycles. The number of nitriles is 1. The van der Waals surface area contributed by atoms with Gasteiger partial charge in [0.1, 0.15) is 5.58 Å². The van der Waals surface area contributed by atoms with E-state index in [2.05, 4.69) is 167 Å². The fourth-order valence-electron chi connectivity index (χ4n) is 8.42. The van der Waals surface area contributed by atoms with Gasteiger partial charge in [0.2, 0.25) is 0 Å². The molecule has 0 atom stereocenters. The molecule has 0 unspecified atom stereocenters. The maximum Gasteiger partial charge on any atom is 0.122 e. The standard InChI is InChI=1S/C38H30N3O.C17H23N2Si.Ir/c1-23(2)31-20-27(26-11-6-5-7-12-26)21-32(24(3)4)36(31)41-34-16-9-8-15-33(34)40-38(41)30-14-10-13-29-28-18-17-25(22-39)19-35(28)42-37(29)30;1-13(2)10-15-11-16(14-6-8-18-9-7-14)19-12-17(15)20(3,4)5;/h5-13,15-21,23-24H,1-4H3;6,8-9,11-13H,10H2,1-5H3;/q2*-1;. The van der Waals surface area contributed by atoms with Gasteiger partial charge in [0.25, 0.3) is 0 Å². The summed E-state index contributed by atoms with van der Waals surface area (Å²) in [5.74, 6) is 1.98. The quantitative estimate of drug-likeness (QED) is 0.106. The van der Waals surface area contributed by atoms with Gasteiger partial charge in [-0.15, -0.1) is 24.3 Å². The van der Waals surface area contributed by atoms with Crippen LogP contribution in [0.25, 0.3) is 72.4 Å². The topological polar surface area (TPSA) is 80.5 Å². The Labute approximate surface area is 386 Å². The van der Waals surface area contributed by atoms with Crippen LogP contribution in [-0.4, -0.2) is 27.6 Å². The van der Waals surface area contributed by atoms with Crippen molar-refractivity contribution in [3.8, 4) is 45.5 Å². The van der Waals surface area contributed by atoms with Crippen molar-refractivity contribution in [2.75, 3.05) is 0 Å². The van der Waals surface area contributed by atoms with Crippen molar-refractivity contribution in [1.82, 2.24) is 19.5 Å². The van der Waals surface area contributed by atoms with Crippen LogP contribution in [0.4, 0.5) is 0 Å². The van der Waals surface area contributed by atoms with E-state index in [9.17, 15) is 5.26 Å². The molecule has 0 N–H and O–H groups in total. The zero-order chi connectivity index (χ0) is 43.7. The van der Waals surface area contributed by atoms with Crippen molar-refractivity contribution in [2.45, 2.75) is 79.4 Å². The molecule has 63 heavy (non-hydrogen) atoms. The van der Waals surface area contributed by atoms with E-state index >= 15 is 0 Å². The smallest absolute Gasteiger partial charge is 0.122 e. The Balaban J connectivity index is 0.000000239. The van der Waals surface area contributed by atoms with Crippen LogP contribution in [0.5, 0.6) is 0 Å². The summed E-state index contributed by atoms with van der Waals surface area (Å²) >= 11 is 0. The molecule has 9 aromatic rings. The molecule has 0 bridgehead atoms. The summed E-state index contributed by atoms with van der Waals surface area (Å²) < 4.78 is 8.78. The van der Waals surface area contributed by atoms with Crippen LogP contribution < -0.4 is 5.19 Å². The third-order valence-electron chi connectivity index (χ3n) is 11.4. The van der Waals surface area contributed by atoms with Crippen LogP contribution in [0.1, 0.15) is 75.6 Å². The third kappa shape index (κ3) is 9.24. The second kappa shape index (κ2) is 18.8. The molecule has 319 valence electrons. The number of aromatic nitrogens is 4. The molecule has 0 amide bonds. The summed E-state index contributed by atoms with van der Waals surface area (Å²) in [5.41, 5.74) is 14.3. The Morgan fingerprint density at radius 3 is 2.14 bits per heavy atom. The number of furan rings is 1. The van der Waals surface area contributed by atoms with Crippen molar-refractivity contribution in [3.05, 3.63) is 162 Å². The number of rotatable bonds is 9. The Bertz CT molecular complexity index is 3050. The van der Waals surface area contributed by atoms with E-state index < -0.39 is 8.07 Å². The van der Waals surface area contributed by atoms with Gasteiger partial charge in [0.15, 0.2) is 0 Å². The van der Waals surface area contributed by atoms with Crippen molar-refractivity contribution >= 4 is 46.2 Å². The number of benzene rings is 5. The molecular weight excluding hydrogens is 967 g/mol. The molecule has 0 aliphatic carbocycles. The van der Waals surface area contributed by atoms with Gasteiger partial charge in [-0.25, -0.2) is 0 Å². The van der Waals surface area contributed by atoms with Gasteiger partial charge in [-0.05, 0) is 106 Å². The van der Waals surface area contributed by atoms with E-state index in [0.717, 1.165) is 62.1 Å². The Hall–Kier alpha value is -5.97. The number of hydrogen-bond donors (Lipinski definition) is 0. The molecule has 0 fully saturated rings. The van der Waals surface area contributed by atoms with Crippen molar-refractivity contribution in [3.63, 3.8) is 0 Å². The molecule has 1 radical (unpaired) electrons. The number of hydrogen-bond acceptors (Lipinski definition) is 5. The first-order valence-electron chi connectivity index (χ1n) is 21.6. The molecule has 4 heterocycles. The molecule has 5 aromatic carbocycles. The van der Waals surface area contributed by atoms with E-state index in [1.54, 1.807) is 18.5 Å². The van der Waals surface area contributed by atoms with Crippen LogP contribution in [0.2, 0.25) is 19.6 Å². The SMILES string of the molecule is CC(C)Cc1cc(-c2[c-]cncc2)ncc1[Si](C)(C)C.CC(C)c1cc(-c2ccccc2)cc(C(C)C)c1-n1c(-c2[c-]ccc3c2oc2cc(C#N)ccc23)nc2ccccc21.[Ir]. The summed E-state index contributed by atoms with van der Waals surface area (Å²) in [5, 5.41) is 12.9. The minimum atomic E-state index is -1.35. The van der Waals surface area contributed by atoms with Gasteiger partial charge in [-0.1, -0.05) is 132 Å². The Morgan fingerprint density at radius 2 is 1.49 bits per heavy atom. The zero-order valence-corrected chi connectivity index (χ0v) is 40.9. The first-order valence-corrected chi connectivity index (χ1v) is 25.1. The fraction of sp³-hybridized carbons (Fsp3) is 0.236. The molecular formula is C55H53IrN5OSi-2. The van der Waals surface area contributed by atoms with Crippen LogP contribution in [0, 0.1) is 29.4 Å². The third-order valence-corrected chi connectivity index (χ3v) is 13.5. The van der Waals surface area contributed by atoms with E-state index in [4.69, 9.17) is 9.40 Å². The van der Waals surface area contributed by atoms with E-state index in [1.807, 2.05) is 36.4 Å². The maximum absolute atomic E-state index is 9.47. The molecule has 9 rings (SSSR count). The van der Waals surface area contributed by atoms with Crippen molar-refractivity contribution < 1.29 is 24.5 Å². The monoisotopic (exact) mass is 1020 g/mol. The molecule has 0 spiro atoms. The second-order valence-electron chi connectivity index (χ2n) is 18.2. The number of imidazole rings is 1. The fourth-order valence-corrected chi connectivity index (χ4v) is 10.0. The van der Waals surface area contributed by atoms with Crippen LogP contribution in [0.3, 0.4) is 0 Å². The number of para-hydroxylation sites is 2. The molecule has 8 heteroatoms. The number of nitrogens with zero attached hydrogens (tertiary/aromatic N) is 5. The van der Waals surface area contributed by atoms with Crippen molar-refractivity contribution in [1.29, 1.82) is 5.26 Å². The Kier molecular flexibility index (Phi) is 13.4. The molecule has 6 nitrogen and oxygen atoms in total. The van der Waals surface area contributed by atoms with E-state index in [0.29, 0.717) is 17.1 Å². The summed E-state index contributed by atoms with van der Waals surface area (Å²) in [7, 11) is -1.35. The normalized spacial score (nSPS) is 11.6. The summed E-state index contributed by atoms with van der Waals surface area (Å²) in [6, 6.07) is 46.2. The molecule has 0 saturated carbocycles. The minimum Gasteiger partial charge on any atom is -0.500 e. The molecule has 0 aliphatic heterocycles. The van der Waals surface area contributed by atoms with Gasteiger partial charge in [0, 0.05) is 37.4 Å². The van der Waals surface area contributed by atoms with Gasteiger partial charge in [0.05, 0.1) is 42.1 Å². The first kappa shape index (κ1) is 45.1. The average Bonchev–Trinajstić information content (AvgIpc) is 3.84. The molecule has 4 aromatic heterocycles. The minimum absolute atomic E-state index is 0. The van der Waals surface area contributed by atoms with E-state index in [-0.39, 0.29) is 31.9 Å².